The number of likely N-dealkylation sites (tertiary alicyclic amines) is 1. The summed E-state index contributed by atoms with van der Waals surface area (Å²) in [5.41, 5.74) is 4.12. The quantitative estimate of drug-likeness (QED) is 0.607. The van der Waals surface area contributed by atoms with E-state index in [2.05, 4.69) is 65.6 Å². The number of carbonyl (C=O) groups excluding carboxylic acids is 1. The van der Waals surface area contributed by atoms with Crippen LogP contribution in [0.4, 0.5) is 0 Å². The summed E-state index contributed by atoms with van der Waals surface area (Å²) < 4.78 is 1.66. The fourth-order valence-corrected chi connectivity index (χ4v) is 4.80. The molecule has 1 aliphatic carbocycles. The van der Waals surface area contributed by atoms with E-state index in [0.717, 1.165) is 61.5 Å². The zero-order valence-corrected chi connectivity index (χ0v) is 19.3. The number of H-pyrrole nitrogens is 1. The molecule has 172 valence electrons. The second-order valence-corrected chi connectivity index (χ2v) is 9.68. The highest BCUT2D eigenvalue weighted by atomic mass is 16.2. The minimum atomic E-state index is -0.227. The Morgan fingerprint density at radius 3 is 2.61 bits per heavy atom. The third-order valence-corrected chi connectivity index (χ3v) is 6.62. The van der Waals surface area contributed by atoms with Crippen molar-refractivity contribution in [2.45, 2.75) is 32.2 Å². The smallest absolute Gasteiger partial charge is 0.342 e. The van der Waals surface area contributed by atoms with Gasteiger partial charge in [-0.15, -0.1) is 0 Å². The molecule has 0 spiro atoms. The van der Waals surface area contributed by atoms with E-state index < -0.39 is 0 Å². The van der Waals surface area contributed by atoms with E-state index in [1.54, 1.807) is 4.57 Å². The van der Waals surface area contributed by atoms with Crippen LogP contribution < -0.4 is 5.69 Å². The molecule has 5 rings (SSSR count). The zero-order valence-electron chi connectivity index (χ0n) is 19.3. The standard InChI is InChI=1S/C26H31N5O2/c1-29(2)16-18-4-3-5-22(14-18)20-8-10-23(11-9-20)31-24(27-28-26(31)33)15-19-12-13-30(17-19)25(32)21-6-7-21/h3-5,8-11,14,19,21H,6-7,12-13,15-17H2,1-2H3,(H,28,33)/t19-/m0/s1. The van der Waals surface area contributed by atoms with Gasteiger partial charge in [0.25, 0.3) is 0 Å². The molecule has 1 N–H and O–H groups in total. The Balaban J connectivity index is 1.32. The van der Waals surface area contributed by atoms with Crippen LogP contribution in [-0.4, -0.2) is 57.7 Å². The van der Waals surface area contributed by atoms with Crippen molar-refractivity contribution < 1.29 is 4.79 Å². The molecule has 1 saturated heterocycles. The fourth-order valence-electron chi connectivity index (χ4n) is 4.80. The predicted molar refractivity (Wildman–Crippen MR) is 128 cm³/mol. The molecule has 3 aromatic rings. The van der Waals surface area contributed by atoms with Crippen LogP contribution in [0.1, 0.15) is 30.7 Å². The minimum Gasteiger partial charge on any atom is -0.342 e. The van der Waals surface area contributed by atoms with Crippen molar-refractivity contribution in [2.24, 2.45) is 11.8 Å². The Morgan fingerprint density at radius 2 is 1.88 bits per heavy atom. The van der Waals surface area contributed by atoms with Gasteiger partial charge in [0.15, 0.2) is 0 Å². The number of hydrogen-bond donors (Lipinski definition) is 1. The lowest BCUT2D eigenvalue weighted by Crippen LogP contribution is -2.30. The molecule has 2 heterocycles. The van der Waals surface area contributed by atoms with E-state index in [9.17, 15) is 9.59 Å². The first-order chi connectivity index (χ1) is 16.0. The Labute approximate surface area is 194 Å². The number of amides is 1. The van der Waals surface area contributed by atoms with Gasteiger partial charge in [0.05, 0.1) is 5.69 Å². The SMILES string of the molecule is CN(C)Cc1cccc(-c2ccc(-n3c(C[C@@H]4CCN(C(=O)C5CC5)C4)n[nH]c3=O)cc2)c1. The number of hydrogen-bond acceptors (Lipinski definition) is 4. The Hall–Kier alpha value is -3.19. The van der Waals surface area contributed by atoms with Gasteiger partial charge in [0, 0.05) is 32.0 Å². The fraction of sp³-hybridized carbons (Fsp3) is 0.423. The number of aromatic nitrogens is 3. The van der Waals surface area contributed by atoms with Crippen molar-refractivity contribution >= 4 is 5.91 Å². The number of aromatic amines is 1. The molecule has 33 heavy (non-hydrogen) atoms. The van der Waals surface area contributed by atoms with Crippen molar-refractivity contribution in [3.05, 3.63) is 70.4 Å². The highest BCUT2D eigenvalue weighted by molar-refractivity contribution is 5.81. The molecule has 1 aromatic heterocycles. The molecule has 0 bridgehead atoms. The molecule has 1 saturated carbocycles. The summed E-state index contributed by atoms with van der Waals surface area (Å²) in [5, 5.41) is 6.93. The predicted octanol–water partition coefficient (Wildman–Crippen LogP) is 3.09. The maximum Gasteiger partial charge on any atom is 0.347 e. The molecule has 2 fully saturated rings. The van der Waals surface area contributed by atoms with Crippen LogP contribution in [0.25, 0.3) is 16.8 Å². The third-order valence-electron chi connectivity index (χ3n) is 6.62. The van der Waals surface area contributed by atoms with Gasteiger partial charge < -0.3 is 9.80 Å². The number of rotatable bonds is 7. The molecular weight excluding hydrogens is 414 g/mol. The van der Waals surface area contributed by atoms with Gasteiger partial charge in [-0.1, -0.05) is 30.3 Å². The van der Waals surface area contributed by atoms with Crippen LogP contribution >= 0.6 is 0 Å². The van der Waals surface area contributed by atoms with E-state index in [1.807, 2.05) is 17.0 Å². The highest BCUT2D eigenvalue weighted by Crippen LogP contribution is 2.33. The number of carbonyl (C=O) groups is 1. The van der Waals surface area contributed by atoms with Crippen LogP contribution in [0.2, 0.25) is 0 Å². The molecular formula is C26H31N5O2. The average molecular weight is 446 g/mol. The topological polar surface area (TPSA) is 74.2 Å². The number of nitrogens with one attached hydrogen (secondary N) is 1. The van der Waals surface area contributed by atoms with Gasteiger partial charge in [-0.3, -0.25) is 4.79 Å². The minimum absolute atomic E-state index is 0.227. The molecule has 2 aliphatic rings. The lowest BCUT2D eigenvalue weighted by molar-refractivity contribution is -0.131. The number of nitrogens with zero attached hydrogens (tertiary/aromatic N) is 4. The van der Waals surface area contributed by atoms with Gasteiger partial charge >= 0.3 is 5.69 Å². The maximum absolute atomic E-state index is 12.6. The van der Waals surface area contributed by atoms with Crippen LogP contribution in [0, 0.1) is 11.8 Å². The summed E-state index contributed by atoms with van der Waals surface area (Å²) in [5.74, 6) is 1.63. The Morgan fingerprint density at radius 1 is 1.09 bits per heavy atom. The van der Waals surface area contributed by atoms with Gasteiger partial charge in [-0.2, -0.15) is 5.10 Å². The summed E-state index contributed by atoms with van der Waals surface area (Å²) in [4.78, 5) is 29.1. The summed E-state index contributed by atoms with van der Waals surface area (Å²) >= 11 is 0. The van der Waals surface area contributed by atoms with Crippen molar-refractivity contribution in [3.63, 3.8) is 0 Å². The first-order valence-corrected chi connectivity index (χ1v) is 11.8. The van der Waals surface area contributed by atoms with Crippen LogP contribution in [0.3, 0.4) is 0 Å². The van der Waals surface area contributed by atoms with Crippen molar-refractivity contribution in [2.75, 3.05) is 27.2 Å². The number of benzene rings is 2. The monoisotopic (exact) mass is 445 g/mol. The van der Waals surface area contributed by atoms with E-state index in [-0.39, 0.29) is 11.6 Å². The van der Waals surface area contributed by atoms with Gasteiger partial charge in [-0.05, 0) is 74.2 Å². The summed E-state index contributed by atoms with van der Waals surface area (Å²) in [7, 11) is 4.13. The summed E-state index contributed by atoms with van der Waals surface area (Å²) in [6.07, 6.45) is 3.72. The van der Waals surface area contributed by atoms with Gasteiger partial charge in [-0.25, -0.2) is 14.5 Å². The van der Waals surface area contributed by atoms with E-state index in [1.165, 1.54) is 5.56 Å². The molecule has 2 aromatic carbocycles. The van der Waals surface area contributed by atoms with E-state index >= 15 is 0 Å². The van der Waals surface area contributed by atoms with E-state index in [0.29, 0.717) is 18.2 Å². The van der Waals surface area contributed by atoms with E-state index in [4.69, 9.17) is 0 Å². The molecule has 7 heteroatoms. The second kappa shape index (κ2) is 8.98. The summed E-state index contributed by atoms with van der Waals surface area (Å²) in [6, 6.07) is 16.6. The van der Waals surface area contributed by atoms with Crippen molar-refractivity contribution in [1.82, 2.24) is 24.6 Å². The molecule has 7 nitrogen and oxygen atoms in total. The third kappa shape index (κ3) is 4.78. The Kier molecular flexibility index (Phi) is 5.89. The molecule has 1 aliphatic heterocycles. The van der Waals surface area contributed by atoms with Gasteiger partial charge in [0.2, 0.25) is 5.91 Å². The second-order valence-electron chi connectivity index (χ2n) is 9.68. The Bertz CT molecular complexity index is 1190. The van der Waals surface area contributed by atoms with Crippen LogP contribution in [0.15, 0.2) is 53.3 Å². The lowest BCUT2D eigenvalue weighted by atomic mass is 10.0. The normalized spacial score (nSPS) is 18.3. The zero-order chi connectivity index (χ0) is 22.9. The van der Waals surface area contributed by atoms with Crippen LogP contribution in [-0.2, 0) is 17.8 Å². The highest BCUT2D eigenvalue weighted by Gasteiger charge is 2.36. The van der Waals surface area contributed by atoms with Crippen molar-refractivity contribution in [1.29, 1.82) is 0 Å². The summed E-state index contributed by atoms with van der Waals surface area (Å²) in [6.45, 7) is 2.47. The van der Waals surface area contributed by atoms with Crippen LogP contribution in [0.5, 0.6) is 0 Å². The first kappa shape index (κ1) is 21.6. The van der Waals surface area contributed by atoms with Gasteiger partial charge in [0.1, 0.15) is 5.82 Å². The maximum atomic E-state index is 12.6. The molecule has 0 radical (unpaired) electrons. The average Bonchev–Trinajstić information content (AvgIpc) is 3.45. The molecule has 0 unspecified atom stereocenters. The largest absolute Gasteiger partial charge is 0.347 e. The molecule has 1 amide bonds. The first-order valence-electron chi connectivity index (χ1n) is 11.8. The lowest BCUT2D eigenvalue weighted by Gasteiger charge is -2.16. The molecule has 1 atom stereocenters. The van der Waals surface area contributed by atoms with Crippen molar-refractivity contribution in [3.8, 4) is 16.8 Å².